The van der Waals surface area contributed by atoms with E-state index in [0.29, 0.717) is 25.4 Å². The van der Waals surface area contributed by atoms with Crippen LogP contribution in [0.25, 0.3) is 16.9 Å². The van der Waals surface area contributed by atoms with Gasteiger partial charge < -0.3 is 18.0 Å². The first-order valence-electron chi connectivity index (χ1n) is 15.2. The van der Waals surface area contributed by atoms with Crippen LogP contribution in [0.3, 0.4) is 0 Å². The highest BCUT2D eigenvalue weighted by Gasteiger charge is 2.38. The maximum atomic E-state index is 12.8. The third-order valence-electron chi connectivity index (χ3n) is 9.00. The van der Waals surface area contributed by atoms with Gasteiger partial charge in [-0.05, 0) is 73.0 Å². The van der Waals surface area contributed by atoms with Crippen molar-refractivity contribution in [2.24, 2.45) is 0 Å². The Balaban J connectivity index is 1.80. The van der Waals surface area contributed by atoms with Crippen molar-refractivity contribution >= 4 is 28.1 Å². The van der Waals surface area contributed by atoms with E-state index in [1.54, 1.807) is 0 Å². The molecule has 0 spiro atoms. The van der Waals surface area contributed by atoms with Crippen molar-refractivity contribution in [1.29, 1.82) is 0 Å². The van der Waals surface area contributed by atoms with Gasteiger partial charge in [0.15, 0.2) is 16.6 Å². The minimum Gasteiger partial charge on any atom is -0.462 e. The lowest BCUT2D eigenvalue weighted by molar-refractivity contribution is 0.0527. The van der Waals surface area contributed by atoms with E-state index in [4.69, 9.17) is 18.6 Å². The normalized spacial score (nSPS) is 13.2. The molecule has 3 rings (SSSR count). The second-order valence-corrected chi connectivity index (χ2v) is 23.8. The van der Waals surface area contributed by atoms with Gasteiger partial charge >= 0.3 is 5.97 Å². The number of pyridine rings is 2. The van der Waals surface area contributed by atoms with Crippen LogP contribution in [0, 0.1) is 0 Å². The van der Waals surface area contributed by atoms with Gasteiger partial charge in [0.1, 0.15) is 0 Å². The Hall–Kier alpha value is -2.31. The third-order valence-corrected chi connectivity index (χ3v) is 18.1. The number of nitrogens with zero attached hydrogens (tertiary/aromatic N) is 3. The molecule has 0 fully saturated rings. The van der Waals surface area contributed by atoms with Crippen LogP contribution >= 0.6 is 0 Å². The summed E-state index contributed by atoms with van der Waals surface area (Å²) in [6.07, 6.45) is 3.87. The predicted molar refractivity (Wildman–Crippen MR) is 178 cm³/mol. The first-order valence-corrected chi connectivity index (χ1v) is 21.0. The Labute approximate surface area is 255 Å². The van der Waals surface area contributed by atoms with Gasteiger partial charge in [0.25, 0.3) is 0 Å². The lowest BCUT2D eigenvalue weighted by Gasteiger charge is -2.38. The fourth-order valence-electron chi connectivity index (χ4n) is 4.23. The molecule has 0 amide bonds. The summed E-state index contributed by atoms with van der Waals surface area (Å²) in [5, 5.41) is 0.350. The summed E-state index contributed by atoms with van der Waals surface area (Å²) < 4.78 is 20.4. The zero-order valence-corrected chi connectivity index (χ0v) is 29.8. The van der Waals surface area contributed by atoms with Crippen molar-refractivity contribution in [2.45, 2.75) is 91.3 Å². The zero-order valence-electron chi connectivity index (χ0n) is 27.8. The largest absolute Gasteiger partial charge is 0.462 e. The first kappa shape index (κ1) is 34.2. The highest BCUT2D eigenvalue weighted by atomic mass is 28.4. The van der Waals surface area contributed by atoms with Crippen molar-refractivity contribution in [1.82, 2.24) is 14.3 Å². The molecule has 0 saturated heterocycles. The molecule has 0 radical (unpaired) electrons. The number of aromatic nitrogens is 2. The number of carbonyl (C=O) groups is 1. The molecule has 0 saturated carbocycles. The Morgan fingerprint density at radius 3 is 2.00 bits per heavy atom. The van der Waals surface area contributed by atoms with Crippen LogP contribution < -0.4 is 0 Å². The molecule has 0 aliphatic carbocycles. The van der Waals surface area contributed by atoms with Crippen LogP contribution in [0.2, 0.25) is 36.3 Å². The van der Waals surface area contributed by atoms with Gasteiger partial charge in [0, 0.05) is 50.8 Å². The van der Waals surface area contributed by atoms with Crippen LogP contribution in [0.15, 0.2) is 48.8 Å². The molecular weight excluding hydrogens is 559 g/mol. The van der Waals surface area contributed by atoms with Crippen LogP contribution in [0.4, 0.5) is 0 Å². The maximum Gasteiger partial charge on any atom is 0.340 e. The summed E-state index contributed by atoms with van der Waals surface area (Å²) in [6.45, 7) is 28.8. The fraction of sp³-hybridized carbons (Fsp3) is 0.576. The van der Waals surface area contributed by atoms with Crippen LogP contribution in [0.5, 0.6) is 0 Å². The topological polar surface area (TPSA) is 65.3 Å². The molecule has 0 bridgehead atoms. The van der Waals surface area contributed by atoms with Gasteiger partial charge in [0.2, 0.25) is 0 Å². The average molecular weight is 612 g/mol. The van der Waals surface area contributed by atoms with E-state index in [2.05, 4.69) is 78.7 Å². The fourth-order valence-corrected chi connectivity index (χ4v) is 6.30. The molecular formula is C33H53N3O4Si2. The van der Waals surface area contributed by atoms with Gasteiger partial charge in [-0.2, -0.15) is 0 Å². The molecule has 0 unspecified atom stereocenters. The number of hydrogen-bond donors (Lipinski definition) is 0. The second-order valence-electron chi connectivity index (χ2n) is 14.2. The average Bonchev–Trinajstić information content (AvgIpc) is 3.27. The summed E-state index contributed by atoms with van der Waals surface area (Å²) >= 11 is 0. The minimum absolute atomic E-state index is 0.175. The van der Waals surface area contributed by atoms with E-state index in [0.717, 1.165) is 42.1 Å². The van der Waals surface area contributed by atoms with Gasteiger partial charge in [-0.1, -0.05) is 53.7 Å². The molecule has 3 aromatic rings. The predicted octanol–water partition coefficient (Wildman–Crippen LogP) is 8.02. The quantitative estimate of drug-likeness (QED) is 0.144. The second kappa shape index (κ2) is 13.6. The third kappa shape index (κ3) is 8.41. The molecule has 9 heteroatoms. The Kier molecular flexibility index (Phi) is 11.0. The SMILES string of the molecule is CCOC(=O)c1cc2ccccn2c1-c1ccc(CN(CCO[Si](C)(C)C(C)(C)C)CCO[Si](C)(C)C(C)(C)C)cn1. The summed E-state index contributed by atoms with van der Waals surface area (Å²) in [7, 11) is -3.67. The number of fused-ring (bicyclic) bond motifs is 1. The Morgan fingerprint density at radius 1 is 0.905 bits per heavy atom. The Bertz CT molecular complexity index is 1290. The summed E-state index contributed by atoms with van der Waals surface area (Å²) in [5.74, 6) is -0.336. The number of esters is 1. The first-order chi connectivity index (χ1) is 19.5. The molecule has 0 aliphatic heterocycles. The highest BCUT2D eigenvalue weighted by molar-refractivity contribution is 6.74. The Morgan fingerprint density at radius 2 is 1.50 bits per heavy atom. The molecule has 3 heterocycles. The summed E-state index contributed by atoms with van der Waals surface area (Å²) in [5.41, 5.74) is 4.04. The van der Waals surface area contributed by atoms with Crippen molar-refractivity contribution in [2.75, 3.05) is 32.9 Å². The van der Waals surface area contributed by atoms with Crippen molar-refractivity contribution < 1.29 is 18.4 Å². The van der Waals surface area contributed by atoms with E-state index in [9.17, 15) is 4.79 Å². The minimum atomic E-state index is -1.83. The van der Waals surface area contributed by atoms with Crippen molar-refractivity contribution in [3.63, 3.8) is 0 Å². The van der Waals surface area contributed by atoms with Crippen LogP contribution in [0.1, 0.15) is 64.4 Å². The zero-order chi connectivity index (χ0) is 31.3. The summed E-state index contributed by atoms with van der Waals surface area (Å²) in [4.78, 5) is 20.0. The number of carbonyl (C=O) groups excluding carboxylic acids is 1. The number of ether oxygens (including phenoxy) is 1. The monoisotopic (exact) mass is 611 g/mol. The smallest absolute Gasteiger partial charge is 0.340 e. The van der Waals surface area contributed by atoms with E-state index in [-0.39, 0.29) is 16.0 Å². The van der Waals surface area contributed by atoms with E-state index >= 15 is 0 Å². The number of hydrogen-bond acceptors (Lipinski definition) is 6. The maximum absolute atomic E-state index is 12.8. The van der Waals surface area contributed by atoms with E-state index in [1.165, 1.54) is 0 Å². The van der Waals surface area contributed by atoms with E-state index < -0.39 is 16.6 Å². The van der Waals surface area contributed by atoms with Crippen molar-refractivity contribution in [3.05, 3.63) is 59.9 Å². The molecule has 3 aromatic heterocycles. The van der Waals surface area contributed by atoms with Gasteiger partial charge in [-0.25, -0.2) is 4.79 Å². The van der Waals surface area contributed by atoms with Crippen LogP contribution in [-0.4, -0.2) is 69.8 Å². The molecule has 0 N–H and O–H groups in total. The lowest BCUT2D eigenvalue weighted by Crippen LogP contribution is -2.44. The van der Waals surface area contributed by atoms with Crippen LogP contribution in [-0.2, 0) is 20.1 Å². The van der Waals surface area contributed by atoms with Gasteiger partial charge in [-0.3, -0.25) is 9.88 Å². The molecule has 42 heavy (non-hydrogen) atoms. The molecule has 0 aromatic carbocycles. The number of rotatable bonds is 13. The lowest BCUT2D eigenvalue weighted by atomic mass is 10.1. The van der Waals surface area contributed by atoms with Gasteiger partial charge in [-0.15, -0.1) is 0 Å². The van der Waals surface area contributed by atoms with E-state index in [1.807, 2.05) is 54.0 Å². The highest BCUT2D eigenvalue weighted by Crippen LogP contribution is 2.37. The standard InChI is InChI=1S/C33H53N3O4Si2/c1-12-38-31(37)28-23-27-15-13-14-18-36(27)30(28)29-17-16-26(24-34-29)25-35(19-21-39-41(8,9)32(2,3)4)20-22-40-42(10,11)33(5,6)7/h13-18,23-24H,12,19-22,25H2,1-11H3. The van der Waals surface area contributed by atoms with Gasteiger partial charge in [0.05, 0.1) is 23.6 Å². The summed E-state index contributed by atoms with van der Waals surface area (Å²) in [6, 6.07) is 11.9. The van der Waals surface area contributed by atoms with Crippen molar-refractivity contribution in [3.8, 4) is 11.4 Å². The molecule has 232 valence electrons. The molecule has 7 nitrogen and oxygen atoms in total. The molecule has 0 aliphatic rings. The molecule has 0 atom stereocenters.